The fourth-order valence-corrected chi connectivity index (χ4v) is 2.48. The zero-order valence-electron chi connectivity index (χ0n) is 12.4. The number of hydrogen-bond donors (Lipinski definition) is 4. The van der Waals surface area contributed by atoms with Crippen molar-refractivity contribution in [2.45, 2.75) is 18.9 Å². The van der Waals surface area contributed by atoms with Crippen molar-refractivity contribution in [2.75, 3.05) is 30.7 Å². The third-order valence-corrected chi connectivity index (χ3v) is 3.81. The van der Waals surface area contributed by atoms with E-state index in [9.17, 15) is 18.6 Å². The van der Waals surface area contributed by atoms with Crippen LogP contribution in [0.5, 0.6) is 11.5 Å². The molecule has 0 amide bonds. The van der Waals surface area contributed by atoms with Gasteiger partial charge in [0.25, 0.3) is 0 Å². The lowest BCUT2D eigenvalue weighted by atomic mass is 10.3. The Bertz CT molecular complexity index is 601. The number of hydrogen-bond acceptors (Lipinski definition) is 6. The molecular formula is C14H22N2O5S. The quantitative estimate of drug-likeness (QED) is 0.491. The number of anilines is 1. The number of ether oxygens (including phenoxy) is 1. The summed E-state index contributed by atoms with van der Waals surface area (Å²) < 4.78 is 30.0. The molecule has 0 saturated heterocycles. The van der Waals surface area contributed by atoms with Gasteiger partial charge in [0.15, 0.2) is 0 Å². The van der Waals surface area contributed by atoms with E-state index in [1.807, 2.05) is 0 Å². The number of aliphatic hydroxyl groups is 1. The molecule has 1 saturated carbocycles. The average molecular weight is 330 g/mol. The summed E-state index contributed by atoms with van der Waals surface area (Å²) in [6.07, 6.45) is 2.85. The van der Waals surface area contributed by atoms with Crippen molar-refractivity contribution >= 4 is 15.7 Å². The number of benzene rings is 1. The number of phenols is 1. The number of sulfonamides is 1. The second-order valence-electron chi connectivity index (χ2n) is 5.62. The molecule has 7 nitrogen and oxygen atoms in total. The van der Waals surface area contributed by atoms with Crippen molar-refractivity contribution in [3.05, 3.63) is 18.2 Å². The third kappa shape index (κ3) is 6.08. The summed E-state index contributed by atoms with van der Waals surface area (Å²) in [5.74, 6) is 0.921. The normalized spacial score (nSPS) is 16.3. The summed E-state index contributed by atoms with van der Waals surface area (Å²) in [6, 6.07) is 4.22. The smallest absolute Gasteiger partial charge is 0.229 e. The van der Waals surface area contributed by atoms with Crippen LogP contribution in [-0.4, -0.2) is 50.7 Å². The van der Waals surface area contributed by atoms with E-state index in [1.165, 1.54) is 31.0 Å². The standard InChI is InChI=1S/C14H22N2O5S/c1-22(19,20)16-13-6-12(4-5-14(13)18)21-9-11(17)8-15-7-10-2-3-10/h4-6,10-11,15-18H,2-3,7-9H2,1H3. The minimum atomic E-state index is -3.49. The number of aromatic hydroxyl groups is 1. The molecule has 22 heavy (non-hydrogen) atoms. The first-order valence-electron chi connectivity index (χ1n) is 7.16. The maximum atomic E-state index is 11.2. The maximum Gasteiger partial charge on any atom is 0.229 e. The van der Waals surface area contributed by atoms with Gasteiger partial charge in [-0.2, -0.15) is 0 Å². The lowest BCUT2D eigenvalue weighted by Crippen LogP contribution is -2.32. The van der Waals surface area contributed by atoms with Crippen LogP contribution in [-0.2, 0) is 10.0 Å². The van der Waals surface area contributed by atoms with Gasteiger partial charge < -0.3 is 20.3 Å². The van der Waals surface area contributed by atoms with E-state index >= 15 is 0 Å². The van der Waals surface area contributed by atoms with Gasteiger partial charge in [0.05, 0.1) is 11.9 Å². The van der Waals surface area contributed by atoms with Crippen LogP contribution in [0.3, 0.4) is 0 Å². The number of nitrogens with one attached hydrogen (secondary N) is 2. The van der Waals surface area contributed by atoms with Gasteiger partial charge in [-0.15, -0.1) is 0 Å². The van der Waals surface area contributed by atoms with Crippen LogP contribution >= 0.6 is 0 Å². The van der Waals surface area contributed by atoms with Crippen molar-refractivity contribution in [1.29, 1.82) is 0 Å². The predicted octanol–water partition coefficient (Wildman–Crippen LogP) is 0.503. The van der Waals surface area contributed by atoms with Gasteiger partial charge in [-0.05, 0) is 37.4 Å². The second-order valence-corrected chi connectivity index (χ2v) is 7.37. The highest BCUT2D eigenvalue weighted by Crippen LogP contribution is 2.29. The number of phenolic OH excluding ortho intramolecular Hbond substituents is 1. The molecule has 1 aliphatic rings. The molecule has 0 radical (unpaired) electrons. The zero-order valence-corrected chi connectivity index (χ0v) is 13.3. The molecule has 0 heterocycles. The van der Waals surface area contributed by atoms with Crippen LogP contribution in [0.15, 0.2) is 18.2 Å². The van der Waals surface area contributed by atoms with Crippen LogP contribution < -0.4 is 14.8 Å². The Morgan fingerprint density at radius 3 is 2.77 bits per heavy atom. The molecule has 4 N–H and O–H groups in total. The summed E-state index contributed by atoms with van der Waals surface area (Å²) in [7, 11) is -3.49. The third-order valence-electron chi connectivity index (χ3n) is 3.22. The monoisotopic (exact) mass is 330 g/mol. The minimum Gasteiger partial charge on any atom is -0.506 e. The van der Waals surface area contributed by atoms with E-state index < -0.39 is 16.1 Å². The number of aliphatic hydroxyl groups excluding tert-OH is 1. The van der Waals surface area contributed by atoms with Crippen molar-refractivity contribution in [2.24, 2.45) is 5.92 Å². The largest absolute Gasteiger partial charge is 0.506 e. The van der Waals surface area contributed by atoms with Crippen molar-refractivity contribution in [1.82, 2.24) is 5.32 Å². The predicted molar refractivity (Wildman–Crippen MR) is 83.7 cm³/mol. The van der Waals surface area contributed by atoms with Crippen molar-refractivity contribution in [3.63, 3.8) is 0 Å². The first kappa shape index (κ1) is 16.9. The van der Waals surface area contributed by atoms with Crippen molar-refractivity contribution < 1.29 is 23.4 Å². The molecule has 0 spiro atoms. The highest BCUT2D eigenvalue weighted by atomic mass is 32.2. The Hall–Kier alpha value is -1.51. The molecule has 1 atom stereocenters. The molecule has 1 aliphatic carbocycles. The molecule has 0 aliphatic heterocycles. The van der Waals surface area contributed by atoms with Crippen LogP contribution in [0.2, 0.25) is 0 Å². The Labute approximate surface area is 130 Å². The van der Waals surface area contributed by atoms with E-state index in [-0.39, 0.29) is 18.0 Å². The van der Waals surface area contributed by atoms with Gasteiger partial charge in [0, 0.05) is 12.6 Å². The van der Waals surface area contributed by atoms with Gasteiger partial charge in [0.2, 0.25) is 10.0 Å². The zero-order chi connectivity index (χ0) is 16.2. The fraction of sp³-hybridized carbons (Fsp3) is 0.571. The Morgan fingerprint density at radius 1 is 1.41 bits per heavy atom. The van der Waals surface area contributed by atoms with E-state index in [4.69, 9.17) is 4.74 Å². The summed E-state index contributed by atoms with van der Waals surface area (Å²) in [4.78, 5) is 0. The Morgan fingerprint density at radius 2 is 2.14 bits per heavy atom. The van der Waals surface area contributed by atoms with E-state index in [1.54, 1.807) is 0 Å². The summed E-state index contributed by atoms with van der Waals surface area (Å²) >= 11 is 0. The molecular weight excluding hydrogens is 308 g/mol. The van der Waals surface area contributed by atoms with Crippen LogP contribution in [0, 0.1) is 5.92 Å². The first-order chi connectivity index (χ1) is 10.3. The van der Waals surface area contributed by atoms with Crippen LogP contribution in [0.1, 0.15) is 12.8 Å². The van der Waals surface area contributed by atoms with Gasteiger partial charge in [0.1, 0.15) is 24.2 Å². The van der Waals surface area contributed by atoms with E-state index in [0.29, 0.717) is 12.3 Å². The molecule has 1 aromatic rings. The highest BCUT2D eigenvalue weighted by Gasteiger charge is 2.20. The molecule has 8 heteroatoms. The summed E-state index contributed by atoms with van der Waals surface area (Å²) in [6.45, 7) is 1.45. The fourth-order valence-electron chi connectivity index (χ4n) is 1.91. The van der Waals surface area contributed by atoms with Gasteiger partial charge >= 0.3 is 0 Å². The first-order valence-corrected chi connectivity index (χ1v) is 9.05. The average Bonchev–Trinajstić information content (AvgIpc) is 3.22. The Kier molecular flexibility index (Phi) is 5.49. The lowest BCUT2D eigenvalue weighted by Gasteiger charge is -2.14. The molecule has 0 aromatic heterocycles. The maximum absolute atomic E-state index is 11.2. The van der Waals surface area contributed by atoms with Crippen molar-refractivity contribution in [3.8, 4) is 11.5 Å². The van der Waals surface area contributed by atoms with Gasteiger partial charge in [-0.1, -0.05) is 0 Å². The highest BCUT2D eigenvalue weighted by molar-refractivity contribution is 7.92. The SMILES string of the molecule is CS(=O)(=O)Nc1cc(OCC(O)CNCC2CC2)ccc1O. The molecule has 1 aromatic carbocycles. The van der Waals surface area contributed by atoms with Gasteiger partial charge in [-0.3, -0.25) is 4.72 Å². The van der Waals surface area contributed by atoms with E-state index in [0.717, 1.165) is 18.7 Å². The summed E-state index contributed by atoms with van der Waals surface area (Å²) in [5.41, 5.74) is 0.0429. The molecule has 2 rings (SSSR count). The molecule has 1 fully saturated rings. The topological polar surface area (TPSA) is 108 Å². The van der Waals surface area contributed by atoms with Crippen LogP contribution in [0.4, 0.5) is 5.69 Å². The van der Waals surface area contributed by atoms with E-state index in [2.05, 4.69) is 10.0 Å². The lowest BCUT2D eigenvalue weighted by molar-refractivity contribution is 0.106. The van der Waals surface area contributed by atoms with Crippen LogP contribution in [0.25, 0.3) is 0 Å². The Balaban J connectivity index is 1.82. The summed E-state index contributed by atoms with van der Waals surface area (Å²) in [5, 5.41) is 22.6. The van der Waals surface area contributed by atoms with Gasteiger partial charge in [-0.25, -0.2) is 8.42 Å². The number of rotatable bonds is 9. The minimum absolute atomic E-state index is 0.0429. The molecule has 124 valence electrons. The molecule has 1 unspecified atom stereocenters. The molecule has 0 bridgehead atoms. The second kappa shape index (κ2) is 7.17.